The Morgan fingerprint density at radius 3 is 2.00 bits per heavy atom. The molecule has 0 rings (SSSR count). The van der Waals surface area contributed by atoms with Crippen molar-refractivity contribution in [3.05, 3.63) is 0 Å². The van der Waals surface area contributed by atoms with E-state index in [1.165, 1.54) is 11.8 Å². The Hall–Kier alpha value is -0.383. The van der Waals surface area contributed by atoms with E-state index in [1.807, 2.05) is 0 Å². The van der Waals surface area contributed by atoms with Crippen molar-refractivity contribution in [3.63, 3.8) is 0 Å². The Morgan fingerprint density at radius 2 is 2.00 bits per heavy atom. The number of amides is 1. The van der Waals surface area contributed by atoms with Crippen LogP contribution in [0.2, 0.25) is 0 Å². The van der Waals surface area contributed by atoms with E-state index in [9.17, 15) is 9.18 Å². The maximum Gasteiger partial charge on any atom is 0.254 e. The van der Waals surface area contributed by atoms with E-state index in [4.69, 9.17) is 0 Å². The minimum Gasteiger partial charge on any atom is -0.346 e. The Kier molecular flexibility index (Phi) is 2.37. The van der Waals surface area contributed by atoms with Crippen LogP contribution in [-0.4, -0.2) is 40.4 Å². The summed E-state index contributed by atoms with van der Waals surface area (Å²) in [4.78, 5) is 12.0. The topological polar surface area (TPSA) is 20.3 Å². The highest BCUT2D eigenvalue weighted by Gasteiger charge is 2.27. The molecule has 0 aromatic heterocycles. The molecule has 4 heteroatoms. The second kappa shape index (κ2) is 2.47. The van der Waals surface area contributed by atoms with E-state index >= 15 is 0 Å². The molecule has 0 aromatic rings. The van der Waals surface area contributed by atoms with Gasteiger partial charge in [-0.2, -0.15) is 0 Å². The van der Waals surface area contributed by atoms with Gasteiger partial charge in [-0.05, 0) is 6.92 Å². The van der Waals surface area contributed by atoms with Crippen molar-refractivity contribution < 1.29 is 9.18 Å². The van der Waals surface area contributed by atoms with Gasteiger partial charge in [-0.3, -0.25) is 4.79 Å². The summed E-state index contributed by atoms with van der Waals surface area (Å²) in [6, 6.07) is 0. The number of alkyl halides is 1. The van der Waals surface area contributed by atoms with E-state index < -0.39 is 11.2 Å². The summed E-state index contributed by atoms with van der Waals surface area (Å²) in [5.41, 5.74) is 0. The van der Waals surface area contributed by atoms with E-state index in [1.54, 1.807) is 14.1 Å². The average molecular weight is 149 g/mol. The molecule has 2 nitrogen and oxygen atoms in total. The molecule has 0 spiro atoms. The number of hydrogen-bond acceptors (Lipinski definition) is 1. The van der Waals surface area contributed by atoms with E-state index in [0.717, 1.165) is 0 Å². The monoisotopic (exact) mass is 149 g/mol. The zero-order chi connectivity index (χ0) is 7.65. The van der Waals surface area contributed by atoms with Gasteiger partial charge < -0.3 is 4.90 Å². The molecule has 0 aliphatic carbocycles. The first kappa shape index (κ1) is 8.62. The minimum absolute atomic E-state index is 0.252. The fraction of sp³-hybridized carbons (Fsp3) is 0.800. The Morgan fingerprint density at radius 1 is 1.67 bits per heavy atom. The Bertz CT molecular complexity index is 119. The van der Waals surface area contributed by atoms with Crippen molar-refractivity contribution in [3.8, 4) is 0 Å². The highest BCUT2D eigenvalue weighted by molar-refractivity contribution is 6.26. The standard InChI is InChI=1S/C5H12FNOSi/c1-5(6,9)4(8)7(2)3/h1-3,9H3. The van der Waals surface area contributed by atoms with E-state index in [0.29, 0.717) is 0 Å². The van der Waals surface area contributed by atoms with Crippen LogP contribution in [0.1, 0.15) is 6.92 Å². The predicted molar refractivity (Wildman–Crippen MR) is 38.1 cm³/mol. The zero-order valence-electron chi connectivity index (χ0n) is 6.23. The predicted octanol–water partition coefficient (Wildman–Crippen LogP) is -0.874. The molecule has 0 aliphatic rings. The van der Waals surface area contributed by atoms with Gasteiger partial charge >= 0.3 is 0 Å². The number of halogens is 1. The first-order valence-corrected chi connectivity index (χ1v) is 3.76. The van der Waals surface area contributed by atoms with Gasteiger partial charge in [-0.25, -0.2) is 4.39 Å². The van der Waals surface area contributed by atoms with Crippen molar-refractivity contribution >= 4 is 16.1 Å². The van der Waals surface area contributed by atoms with Crippen LogP contribution in [0.25, 0.3) is 0 Å². The third-order valence-corrected chi connectivity index (χ3v) is 1.34. The average Bonchev–Trinajstić information content (AvgIpc) is 1.62. The van der Waals surface area contributed by atoms with Gasteiger partial charge in [0.15, 0.2) is 5.29 Å². The lowest BCUT2D eigenvalue weighted by Gasteiger charge is -2.18. The lowest BCUT2D eigenvalue weighted by Crippen LogP contribution is -2.40. The number of carbonyl (C=O) groups is 1. The van der Waals surface area contributed by atoms with Crippen LogP contribution in [0, 0.1) is 0 Å². The number of nitrogens with zero attached hydrogens (tertiary/aromatic N) is 1. The molecule has 54 valence electrons. The van der Waals surface area contributed by atoms with Crippen LogP contribution in [0.5, 0.6) is 0 Å². The van der Waals surface area contributed by atoms with Crippen molar-refractivity contribution in [2.24, 2.45) is 0 Å². The molecule has 0 fully saturated rings. The molecule has 1 atom stereocenters. The first-order valence-electron chi connectivity index (χ1n) is 2.76. The molecule has 0 aliphatic heterocycles. The zero-order valence-corrected chi connectivity index (χ0v) is 8.23. The maximum absolute atomic E-state index is 12.7. The lowest BCUT2D eigenvalue weighted by atomic mass is 10.4. The van der Waals surface area contributed by atoms with Crippen LogP contribution in [0.4, 0.5) is 4.39 Å². The second-order valence-electron chi connectivity index (χ2n) is 2.67. The summed E-state index contributed by atoms with van der Waals surface area (Å²) in [6.45, 7) is 1.31. The number of rotatable bonds is 1. The molecule has 0 heterocycles. The van der Waals surface area contributed by atoms with Gasteiger partial charge in [0.05, 0.1) is 10.2 Å². The van der Waals surface area contributed by atoms with Gasteiger partial charge in [0.2, 0.25) is 0 Å². The second-order valence-corrected chi connectivity index (χ2v) is 4.55. The lowest BCUT2D eigenvalue weighted by molar-refractivity contribution is -0.135. The van der Waals surface area contributed by atoms with E-state index in [-0.39, 0.29) is 10.2 Å². The van der Waals surface area contributed by atoms with Crippen LogP contribution < -0.4 is 0 Å². The van der Waals surface area contributed by atoms with Gasteiger partial charge in [0.1, 0.15) is 0 Å². The Balaban J connectivity index is 4.06. The van der Waals surface area contributed by atoms with E-state index in [2.05, 4.69) is 0 Å². The van der Waals surface area contributed by atoms with Crippen molar-refractivity contribution in [2.75, 3.05) is 14.1 Å². The minimum atomic E-state index is -1.59. The van der Waals surface area contributed by atoms with Crippen LogP contribution >= 0.6 is 0 Å². The Labute approximate surface area is 57.5 Å². The molecular weight excluding hydrogens is 137 g/mol. The van der Waals surface area contributed by atoms with Gasteiger partial charge in [0.25, 0.3) is 5.91 Å². The fourth-order valence-corrected chi connectivity index (χ4v) is 0.979. The molecule has 0 saturated heterocycles. The molecule has 0 radical (unpaired) electrons. The third kappa shape index (κ3) is 2.60. The molecule has 0 bridgehead atoms. The quantitative estimate of drug-likeness (QED) is 0.444. The molecule has 0 N–H and O–H groups in total. The first-order chi connectivity index (χ1) is 3.85. The summed E-state index contributed by atoms with van der Waals surface area (Å²) in [5, 5.41) is -1.59. The maximum atomic E-state index is 12.7. The summed E-state index contributed by atoms with van der Waals surface area (Å²) in [7, 11) is 3.36. The molecule has 9 heavy (non-hydrogen) atoms. The molecule has 0 saturated carbocycles. The van der Waals surface area contributed by atoms with Gasteiger partial charge in [-0.15, -0.1) is 0 Å². The summed E-state index contributed by atoms with van der Waals surface area (Å²) in [5.74, 6) is -0.436. The summed E-state index contributed by atoms with van der Waals surface area (Å²) < 4.78 is 12.7. The largest absolute Gasteiger partial charge is 0.346 e. The van der Waals surface area contributed by atoms with Gasteiger partial charge in [-0.1, -0.05) is 0 Å². The summed E-state index contributed by atoms with van der Waals surface area (Å²) in [6.07, 6.45) is 0. The molecular formula is C5H12FNOSi. The fourth-order valence-electron chi connectivity index (χ4n) is 0.532. The van der Waals surface area contributed by atoms with Crippen molar-refractivity contribution in [1.82, 2.24) is 4.90 Å². The van der Waals surface area contributed by atoms with Gasteiger partial charge in [0, 0.05) is 14.1 Å². The number of hydrogen-bond donors (Lipinski definition) is 0. The highest BCUT2D eigenvalue weighted by atomic mass is 28.1. The smallest absolute Gasteiger partial charge is 0.254 e. The van der Waals surface area contributed by atoms with Crippen LogP contribution in [0.15, 0.2) is 0 Å². The third-order valence-electron chi connectivity index (χ3n) is 0.915. The highest BCUT2D eigenvalue weighted by Crippen LogP contribution is 2.05. The van der Waals surface area contributed by atoms with Crippen LogP contribution in [0.3, 0.4) is 0 Å². The normalized spacial score (nSPS) is 16.9. The number of carbonyl (C=O) groups excluding carboxylic acids is 1. The molecule has 1 unspecified atom stereocenters. The molecule has 0 aromatic carbocycles. The SMILES string of the molecule is CN(C)C(=O)C(C)(F)[SiH3]. The van der Waals surface area contributed by atoms with Crippen LogP contribution in [-0.2, 0) is 4.79 Å². The summed E-state index contributed by atoms with van der Waals surface area (Å²) >= 11 is 0. The van der Waals surface area contributed by atoms with Crippen molar-refractivity contribution in [2.45, 2.75) is 12.2 Å². The van der Waals surface area contributed by atoms with Crippen molar-refractivity contribution in [1.29, 1.82) is 0 Å². The molecule has 1 amide bonds.